The molecule has 1 aliphatic carbocycles. The fourth-order valence-corrected chi connectivity index (χ4v) is 3.23. The summed E-state index contributed by atoms with van der Waals surface area (Å²) in [7, 11) is 1.74. The van der Waals surface area contributed by atoms with Gasteiger partial charge in [-0.3, -0.25) is 0 Å². The van der Waals surface area contributed by atoms with Crippen LogP contribution >= 0.6 is 0 Å². The maximum absolute atomic E-state index is 5.08. The Morgan fingerprint density at radius 2 is 1.95 bits per heavy atom. The summed E-state index contributed by atoms with van der Waals surface area (Å²) in [6.45, 7) is 14.3. The number of methoxy groups -OCH3 is 1. The van der Waals surface area contributed by atoms with Crippen molar-refractivity contribution >= 4 is 5.95 Å². The Hall–Kier alpha value is -1.03. The number of anilines is 1. The molecule has 1 aromatic rings. The van der Waals surface area contributed by atoms with Gasteiger partial charge in [0.15, 0.2) is 0 Å². The third-order valence-corrected chi connectivity index (χ3v) is 5.40. The lowest BCUT2D eigenvalue weighted by Gasteiger charge is -2.10. The highest BCUT2D eigenvalue weighted by atomic mass is 16.5. The minimum Gasteiger partial charge on any atom is -0.385 e. The lowest BCUT2D eigenvalue weighted by molar-refractivity contribution is 0.197. The topological polar surface area (TPSA) is 39.1 Å². The zero-order chi connectivity index (χ0) is 15.0. The number of aromatic nitrogens is 2. The molecule has 0 radical (unpaired) electrons. The monoisotopic (exact) mass is 279 g/mol. The second kappa shape index (κ2) is 5.40. The van der Waals surface area contributed by atoms with Gasteiger partial charge in [0.1, 0.15) is 0 Å². The molecule has 2 rings (SSSR count). The maximum Gasteiger partial charge on any atom is 0.203 e. The van der Waals surface area contributed by atoms with E-state index in [0.717, 1.165) is 37.8 Å². The van der Waals surface area contributed by atoms with Crippen molar-refractivity contribution in [3.8, 4) is 0 Å². The van der Waals surface area contributed by atoms with Gasteiger partial charge in [-0.05, 0) is 30.1 Å². The minimum atomic E-state index is 0.415. The number of nitrogens with one attached hydrogen (secondary N) is 1. The summed E-state index contributed by atoms with van der Waals surface area (Å²) in [4.78, 5) is 4.60. The van der Waals surface area contributed by atoms with Crippen LogP contribution in [0.4, 0.5) is 5.95 Å². The van der Waals surface area contributed by atoms with Gasteiger partial charge in [0.05, 0.1) is 5.69 Å². The van der Waals surface area contributed by atoms with Crippen molar-refractivity contribution in [2.45, 2.75) is 47.6 Å². The van der Waals surface area contributed by atoms with Gasteiger partial charge in [-0.25, -0.2) is 4.98 Å². The Kier molecular flexibility index (Phi) is 4.14. The van der Waals surface area contributed by atoms with Gasteiger partial charge in [0, 0.05) is 33.0 Å². The molecule has 1 aliphatic rings. The summed E-state index contributed by atoms with van der Waals surface area (Å²) in [5.41, 5.74) is 1.91. The molecular formula is C16H29N3O. The molecule has 1 saturated carbocycles. The van der Waals surface area contributed by atoms with Gasteiger partial charge >= 0.3 is 0 Å². The van der Waals surface area contributed by atoms with E-state index in [4.69, 9.17) is 4.74 Å². The summed E-state index contributed by atoms with van der Waals surface area (Å²) >= 11 is 0. The van der Waals surface area contributed by atoms with Crippen molar-refractivity contribution in [2.75, 3.05) is 25.6 Å². The van der Waals surface area contributed by atoms with Crippen LogP contribution in [0.1, 0.15) is 39.8 Å². The molecule has 1 fully saturated rings. The highest BCUT2D eigenvalue weighted by molar-refractivity contribution is 5.29. The van der Waals surface area contributed by atoms with Crippen LogP contribution in [0.5, 0.6) is 0 Å². The van der Waals surface area contributed by atoms with Crippen molar-refractivity contribution in [1.29, 1.82) is 0 Å². The van der Waals surface area contributed by atoms with Crippen LogP contribution < -0.4 is 5.32 Å². The van der Waals surface area contributed by atoms with Crippen molar-refractivity contribution in [1.82, 2.24) is 9.55 Å². The van der Waals surface area contributed by atoms with Crippen molar-refractivity contribution in [2.24, 2.45) is 16.7 Å². The van der Waals surface area contributed by atoms with E-state index in [9.17, 15) is 0 Å². The van der Waals surface area contributed by atoms with E-state index in [2.05, 4.69) is 55.7 Å². The number of hydrogen-bond acceptors (Lipinski definition) is 3. The molecule has 0 bridgehead atoms. The summed E-state index contributed by atoms with van der Waals surface area (Å²) < 4.78 is 7.36. The predicted octanol–water partition coefficient (Wildman–Crippen LogP) is 3.32. The first-order valence-electron chi connectivity index (χ1n) is 7.57. The van der Waals surface area contributed by atoms with Crippen LogP contribution in [0.2, 0.25) is 0 Å². The first-order valence-corrected chi connectivity index (χ1v) is 7.57. The molecule has 0 saturated heterocycles. The Labute approximate surface area is 122 Å². The molecule has 1 aromatic heterocycles. The third-order valence-electron chi connectivity index (χ3n) is 5.40. The van der Waals surface area contributed by atoms with Gasteiger partial charge in [0.25, 0.3) is 0 Å². The van der Waals surface area contributed by atoms with Crippen LogP contribution in [0.3, 0.4) is 0 Å². The fraction of sp³-hybridized carbons (Fsp3) is 0.812. The van der Waals surface area contributed by atoms with Crippen LogP contribution in [-0.4, -0.2) is 29.8 Å². The van der Waals surface area contributed by atoms with Crippen LogP contribution in [0.25, 0.3) is 0 Å². The molecule has 0 amide bonds. The Balaban J connectivity index is 1.98. The number of aryl methyl sites for hydroxylation is 1. The number of ether oxygens (including phenoxy) is 1. The first kappa shape index (κ1) is 15.4. The zero-order valence-corrected chi connectivity index (χ0v) is 13.8. The van der Waals surface area contributed by atoms with Gasteiger partial charge in [-0.1, -0.05) is 27.7 Å². The van der Waals surface area contributed by atoms with Gasteiger partial charge in [0.2, 0.25) is 5.95 Å². The highest BCUT2D eigenvalue weighted by Crippen LogP contribution is 2.68. The SMILES string of the molecule is COCCCNc1nc(C)cn1CC1C(C)(C)C1(C)C. The molecule has 20 heavy (non-hydrogen) atoms. The summed E-state index contributed by atoms with van der Waals surface area (Å²) in [5, 5.41) is 3.43. The van der Waals surface area contributed by atoms with Gasteiger partial charge < -0.3 is 14.6 Å². The van der Waals surface area contributed by atoms with E-state index in [1.54, 1.807) is 7.11 Å². The van der Waals surface area contributed by atoms with Crippen LogP contribution in [-0.2, 0) is 11.3 Å². The number of imidazole rings is 1. The highest BCUT2D eigenvalue weighted by Gasteiger charge is 2.64. The standard InChI is InChI=1S/C16H29N3O/c1-12-10-19(11-13-15(2,3)16(13,4)5)14(18-12)17-8-7-9-20-6/h10,13H,7-9,11H2,1-6H3,(H,17,18). The Bertz CT molecular complexity index is 448. The average Bonchev–Trinajstić information content (AvgIpc) is 2.65. The number of nitrogens with zero attached hydrogens (tertiary/aromatic N) is 2. The molecule has 0 aliphatic heterocycles. The first-order chi connectivity index (χ1) is 9.30. The maximum atomic E-state index is 5.08. The van der Waals surface area contributed by atoms with Crippen molar-refractivity contribution < 1.29 is 4.74 Å². The molecule has 4 nitrogen and oxygen atoms in total. The average molecular weight is 279 g/mol. The molecule has 1 N–H and O–H groups in total. The molecule has 0 atom stereocenters. The summed E-state index contributed by atoms with van der Waals surface area (Å²) in [5.74, 6) is 1.71. The number of hydrogen-bond donors (Lipinski definition) is 1. The molecule has 1 heterocycles. The third kappa shape index (κ3) is 2.71. The lowest BCUT2D eigenvalue weighted by Crippen LogP contribution is -2.12. The molecular weight excluding hydrogens is 250 g/mol. The normalized spacial score (nSPS) is 20.1. The largest absolute Gasteiger partial charge is 0.385 e. The molecule has 0 unspecified atom stereocenters. The fourth-order valence-electron chi connectivity index (χ4n) is 3.23. The van der Waals surface area contributed by atoms with Gasteiger partial charge in [-0.2, -0.15) is 0 Å². The molecule has 0 spiro atoms. The van der Waals surface area contributed by atoms with Crippen LogP contribution in [0.15, 0.2) is 6.20 Å². The lowest BCUT2D eigenvalue weighted by atomic mass is 10.0. The predicted molar refractivity (Wildman–Crippen MR) is 83.0 cm³/mol. The van der Waals surface area contributed by atoms with Crippen LogP contribution in [0, 0.1) is 23.7 Å². The molecule has 114 valence electrons. The summed E-state index contributed by atoms with van der Waals surface area (Å²) in [6, 6.07) is 0. The van der Waals surface area contributed by atoms with E-state index in [-0.39, 0.29) is 0 Å². The second-order valence-electron chi connectivity index (χ2n) is 7.13. The number of rotatable bonds is 7. The Morgan fingerprint density at radius 3 is 2.50 bits per heavy atom. The quantitative estimate of drug-likeness (QED) is 0.778. The van der Waals surface area contributed by atoms with E-state index in [1.807, 2.05) is 0 Å². The van der Waals surface area contributed by atoms with E-state index >= 15 is 0 Å². The van der Waals surface area contributed by atoms with E-state index in [1.165, 1.54) is 0 Å². The van der Waals surface area contributed by atoms with E-state index < -0.39 is 0 Å². The Morgan fingerprint density at radius 1 is 1.30 bits per heavy atom. The smallest absolute Gasteiger partial charge is 0.203 e. The van der Waals surface area contributed by atoms with Crippen molar-refractivity contribution in [3.63, 3.8) is 0 Å². The zero-order valence-electron chi connectivity index (χ0n) is 13.8. The van der Waals surface area contributed by atoms with Gasteiger partial charge in [-0.15, -0.1) is 0 Å². The molecule has 4 heteroatoms. The summed E-state index contributed by atoms with van der Waals surface area (Å²) in [6.07, 6.45) is 3.16. The minimum absolute atomic E-state index is 0.415. The second-order valence-corrected chi connectivity index (χ2v) is 7.13. The van der Waals surface area contributed by atoms with Crippen molar-refractivity contribution in [3.05, 3.63) is 11.9 Å². The van der Waals surface area contributed by atoms with E-state index in [0.29, 0.717) is 16.7 Å². The molecule has 0 aromatic carbocycles.